The lowest BCUT2D eigenvalue weighted by molar-refractivity contribution is 0.177. The Kier molecular flexibility index (Phi) is 7.17. The minimum absolute atomic E-state index is 0.0556. The highest BCUT2D eigenvalue weighted by molar-refractivity contribution is 7.88. The Morgan fingerprint density at radius 3 is 2.24 bits per heavy atom. The molecule has 0 spiro atoms. The number of methoxy groups -OCH3 is 2. The summed E-state index contributed by atoms with van der Waals surface area (Å²) in [7, 11) is -0.00655. The average molecular weight is 494 g/mol. The number of sulfonamides is 1. The van der Waals surface area contributed by atoms with Crippen molar-refractivity contribution in [2.75, 3.05) is 53.2 Å². The van der Waals surface area contributed by atoms with Gasteiger partial charge in [0, 0.05) is 57.9 Å². The van der Waals surface area contributed by atoms with Crippen LogP contribution in [0.2, 0.25) is 0 Å². The number of fused-ring (bicyclic) bond motifs is 1. The minimum Gasteiger partial charge on any atom is -0.507 e. The van der Waals surface area contributed by atoms with Crippen LogP contribution in [0.15, 0.2) is 27.6 Å². The molecule has 0 saturated carbocycles. The minimum atomic E-state index is -3.23. The molecule has 2 aliphatic rings. The molecule has 11 heteroatoms. The first-order chi connectivity index (χ1) is 16.2. The fourth-order valence-electron chi connectivity index (χ4n) is 4.55. The van der Waals surface area contributed by atoms with Crippen LogP contribution in [-0.4, -0.2) is 80.8 Å². The molecule has 34 heavy (non-hydrogen) atoms. The molecule has 1 N–H and O–H groups in total. The Morgan fingerprint density at radius 1 is 0.971 bits per heavy atom. The molecule has 0 bridgehead atoms. The first kappa shape index (κ1) is 24.5. The zero-order valence-electron chi connectivity index (χ0n) is 19.7. The van der Waals surface area contributed by atoms with E-state index in [1.807, 2.05) is 17.0 Å². The smallest absolute Gasteiger partial charge is 0.343 e. The standard InChI is InChI=1S/C23H31N3O7S/c1-31-20-10-16-4-5-25(12-17(16)11-21(20)32-2)13-18-15-33-23(28)19(22(18)27)14-24-6-8-26(9-7-24)34(3,29)30/h10-11,15,27H,4-9,12-14H2,1-3H3. The molecule has 2 aliphatic heterocycles. The second-order valence-corrected chi connectivity index (χ2v) is 10.7. The summed E-state index contributed by atoms with van der Waals surface area (Å²) in [6, 6.07) is 3.99. The molecule has 1 fully saturated rings. The van der Waals surface area contributed by atoms with E-state index in [0.29, 0.717) is 56.3 Å². The summed E-state index contributed by atoms with van der Waals surface area (Å²) in [5.74, 6) is 1.33. The number of piperazine rings is 1. The van der Waals surface area contributed by atoms with Crippen molar-refractivity contribution < 1.29 is 27.4 Å². The Bertz CT molecular complexity index is 1200. The Balaban J connectivity index is 1.46. The monoisotopic (exact) mass is 493 g/mol. The highest BCUT2D eigenvalue weighted by Gasteiger charge is 2.26. The van der Waals surface area contributed by atoms with Gasteiger partial charge in [-0.15, -0.1) is 0 Å². The van der Waals surface area contributed by atoms with Crippen LogP contribution in [0.4, 0.5) is 0 Å². The number of ether oxygens (including phenoxy) is 2. The van der Waals surface area contributed by atoms with Gasteiger partial charge in [-0.25, -0.2) is 13.2 Å². The third-order valence-electron chi connectivity index (χ3n) is 6.52. The highest BCUT2D eigenvalue weighted by atomic mass is 32.2. The summed E-state index contributed by atoms with van der Waals surface area (Å²) in [5.41, 5.74) is 2.51. The van der Waals surface area contributed by atoms with Crippen LogP contribution in [-0.2, 0) is 36.1 Å². The van der Waals surface area contributed by atoms with Gasteiger partial charge in [-0.2, -0.15) is 4.31 Å². The highest BCUT2D eigenvalue weighted by Crippen LogP contribution is 2.34. The molecule has 0 radical (unpaired) electrons. The molecule has 0 atom stereocenters. The van der Waals surface area contributed by atoms with Gasteiger partial charge in [0.1, 0.15) is 12.0 Å². The molecule has 0 aliphatic carbocycles. The van der Waals surface area contributed by atoms with Gasteiger partial charge in [0.15, 0.2) is 11.5 Å². The molecule has 4 rings (SSSR count). The molecule has 2 aromatic rings. The van der Waals surface area contributed by atoms with E-state index < -0.39 is 15.6 Å². The SMILES string of the molecule is COc1cc2c(cc1OC)CN(Cc1coc(=O)c(CN3CCN(S(C)(=O)=O)CC3)c1O)CC2. The van der Waals surface area contributed by atoms with Crippen molar-refractivity contribution in [1.29, 1.82) is 0 Å². The van der Waals surface area contributed by atoms with Gasteiger partial charge in [0.25, 0.3) is 0 Å². The van der Waals surface area contributed by atoms with E-state index >= 15 is 0 Å². The maximum Gasteiger partial charge on any atom is 0.343 e. The van der Waals surface area contributed by atoms with Crippen LogP contribution in [0, 0.1) is 0 Å². The van der Waals surface area contributed by atoms with E-state index in [1.54, 1.807) is 14.2 Å². The predicted octanol–water partition coefficient (Wildman–Crippen LogP) is 0.998. The quantitative estimate of drug-likeness (QED) is 0.603. The van der Waals surface area contributed by atoms with Crippen LogP contribution in [0.25, 0.3) is 0 Å². The van der Waals surface area contributed by atoms with Gasteiger partial charge in [-0.1, -0.05) is 0 Å². The van der Waals surface area contributed by atoms with Crippen molar-refractivity contribution in [3.8, 4) is 17.2 Å². The van der Waals surface area contributed by atoms with Crippen molar-refractivity contribution in [3.63, 3.8) is 0 Å². The molecular weight excluding hydrogens is 462 g/mol. The molecule has 0 amide bonds. The normalized spacial score (nSPS) is 18.0. The van der Waals surface area contributed by atoms with Gasteiger partial charge < -0.3 is 19.0 Å². The summed E-state index contributed by atoms with van der Waals surface area (Å²) in [6.07, 6.45) is 3.34. The van der Waals surface area contributed by atoms with Crippen LogP contribution in [0.1, 0.15) is 22.3 Å². The predicted molar refractivity (Wildman–Crippen MR) is 126 cm³/mol. The third-order valence-corrected chi connectivity index (χ3v) is 7.82. The lowest BCUT2D eigenvalue weighted by atomic mass is 9.98. The average Bonchev–Trinajstić information content (AvgIpc) is 2.82. The molecular formula is C23H31N3O7S. The van der Waals surface area contributed by atoms with Crippen molar-refractivity contribution in [1.82, 2.24) is 14.1 Å². The lowest BCUT2D eigenvalue weighted by Gasteiger charge is -2.33. The van der Waals surface area contributed by atoms with Crippen LogP contribution < -0.4 is 15.1 Å². The second-order valence-electron chi connectivity index (χ2n) is 8.75. The van der Waals surface area contributed by atoms with E-state index in [2.05, 4.69) is 4.90 Å². The maximum absolute atomic E-state index is 12.4. The Morgan fingerprint density at radius 2 is 1.62 bits per heavy atom. The fourth-order valence-corrected chi connectivity index (χ4v) is 5.38. The molecule has 3 heterocycles. The Labute approximate surface area is 199 Å². The maximum atomic E-state index is 12.4. The number of rotatable bonds is 7. The summed E-state index contributed by atoms with van der Waals surface area (Å²) < 4.78 is 40.9. The molecule has 1 saturated heterocycles. The van der Waals surface area contributed by atoms with E-state index in [0.717, 1.165) is 18.5 Å². The van der Waals surface area contributed by atoms with E-state index in [4.69, 9.17) is 13.9 Å². The van der Waals surface area contributed by atoms with Crippen LogP contribution in [0.3, 0.4) is 0 Å². The summed E-state index contributed by atoms with van der Waals surface area (Å²) in [6.45, 7) is 3.74. The van der Waals surface area contributed by atoms with E-state index in [-0.39, 0.29) is 17.9 Å². The largest absolute Gasteiger partial charge is 0.507 e. The molecule has 1 aromatic heterocycles. The topological polar surface area (TPSA) is 113 Å². The van der Waals surface area contributed by atoms with Crippen molar-refractivity contribution in [2.45, 2.75) is 26.1 Å². The van der Waals surface area contributed by atoms with Crippen molar-refractivity contribution in [2.24, 2.45) is 0 Å². The molecule has 10 nitrogen and oxygen atoms in total. The van der Waals surface area contributed by atoms with E-state index in [1.165, 1.54) is 22.4 Å². The summed E-state index contributed by atoms with van der Waals surface area (Å²) in [4.78, 5) is 16.5. The number of aromatic hydroxyl groups is 1. The van der Waals surface area contributed by atoms with Crippen LogP contribution in [0.5, 0.6) is 17.2 Å². The van der Waals surface area contributed by atoms with Crippen molar-refractivity contribution in [3.05, 3.63) is 51.1 Å². The Hall–Kier alpha value is -2.60. The zero-order chi connectivity index (χ0) is 24.5. The van der Waals surface area contributed by atoms with Gasteiger partial charge in [0.2, 0.25) is 10.0 Å². The molecule has 0 unspecified atom stereocenters. The number of benzene rings is 1. The number of hydrogen-bond donors (Lipinski definition) is 1. The second kappa shape index (κ2) is 9.95. The number of hydrogen-bond acceptors (Lipinski definition) is 9. The third kappa shape index (κ3) is 5.22. The first-order valence-corrected chi connectivity index (χ1v) is 13.0. The lowest BCUT2D eigenvalue weighted by Crippen LogP contribution is -2.48. The zero-order valence-corrected chi connectivity index (χ0v) is 20.6. The fraction of sp³-hybridized carbons (Fsp3) is 0.522. The van der Waals surface area contributed by atoms with Gasteiger partial charge >= 0.3 is 5.63 Å². The van der Waals surface area contributed by atoms with Gasteiger partial charge in [0.05, 0.1) is 26.0 Å². The number of nitrogens with zero attached hydrogens (tertiary/aromatic N) is 3. The van der Waals surface area contributed by atoms with E-state index in [9.17, 15) is 18.3 Å². The summed E-state index contributed by atoms with van der Waals surface area (Å²) in [5, 5.41) is 10.9. The van der Waals surface area contributed by atoms with Gasteiger partial charge in [-0.3, -0.25) is 9.80 Å². The van der Waals surface area contributed by atoms with Crippen molar-refractivity contribution >= 4 is 10.0 Å². The molecule has 1 aromatic carbocycles. The summed E-state index contributed by atoms with van der Waals surface area (Å²) >= 11 is 0. The van der Waals surface area contributed by atoms with Gasteiger partial charge in [-0.05, 0) is 29.7 Å². The molecule has 186 valence electrons. The first-order valence-electron chi connectivity index (χ1n) is 11.2. The van der Waals surface area contributed by atoms with Crippen LogP contribution >= 0.6 is 0 Å².